The van der Waals surface area contributed by atoms with Gasteiger partial charge in [0.25, 0.3) is 0 Å². The lowest BCUT2D eigenvalue weighted by atomic mass is 9.80. The van der Waals surface area contributed by atoms with Crippen molar-refractivity contribution < 1.29 is 14.7 Å². The van der Waals surface area contributed by atoms with Crippen LogP contribution in [0.4, 0.5) is 0 Å². The number of hydrogen-bond acceptors (Lipinski definition) is 3. The monoisotopic (exact) mass is 268 g/mol. The van der Waals surface area contributed by atoms with Crippen molar-refractivity contribution in [3.05, 3.63) is 0 Å². The third-order valence-electron chi connectivity index (χ3n) is 4.38. The van der Waals surface area contributed by atoms with E-state index >= 15 is 0 Å². The number of aliphatic hydroxyl groups is 1. The normalized spacial score (nSPS) is 31.3. The summed E-state index contributed by atoms with van der Waals surface area (Å²) in [4.78, 5) is 24.9. The summed E-state index contributed by atoms with van der Waals surface area (Å²) >= 11 is 0. The number of carbonyl (C=O) groups is 2. The molecule has 1 saturated heterocycles. The van der Waals surface area contributed by atoms with Gasteiger partial charge in [-0.15, -0.1) is 0 Å². The molecule has 0 bridgehead atoms. The summed E-state index contributed by atoms with van der Waals surface area (Å²) in [5, 5.41) is 12.7. The summed E-state index contributed by atoms with van der Waals surface area (Å²) < 4.78 is 0. The Labute approximate surface area is 114 Å². The highest BCUT2D eigenvalue weighted by molar-refractivity contribution is 5.84. The van der Waals surface area contributed by atoms with Crippen molar-refractivity contribution in [2.75, 3.05) is 13.1 Å². The van der Waals surface area contributed by atoms with E-state index in [0.29, 0.717) is 0 Å². The predicted octanol–water partition coefficient (Wildman–Crippen LogP) is 0.665. The molecule has 2 fully saturated rings. The first kappa shape index (κ1) is 14.3. The Balaban J connectivity index is 1.95. The maximum atomic E-state index is 12.1. The van der Waals surface area contributed by atoms with Crippen LogP contribution in [-0.4, -0.2) is 47.1 Å². The SMILES string of the molecule is CC(=O)NCC(=O)N1CCCC1C1CCCCC1O. The average Bonchev–Trinajstić information content (AvgIpc) is 2.85. The Morgan fingerprint density at radius 1 is 1.21 bits per heavy atom. The van der Waals surface area contributed by atoms with E-state index in [0.717, 1.165) is 45.1 Å². The molecule has 1 saturated carbocycles. The van der Waals surface area contributed by atoms with Crippen LogP contribution in [0.5, 0.6) is 0 Å². The van der Waals surface area contributed by atoms with Crippen molar-refractivity contribution in [1.82, 2.24) is 10.2 Å². The van der Waals surface area contributed by atoms with Crippen LogP contribution in [0.1, 0.15) is 45.4 Å². The second-order valence-electron chi connectivity index (χ2n) is 5.72. The molecule has 1 aliphatic heterocycles. The van der Waals surface area contributed by atoms with Crippen molar-refractivity contribution >= 4 is 11.8 Å². The lowest BCUT2D eigenvalue weighted by molar-refractivity contribution is -0.135. The van der Waals surface area contributed by atoms with Crippen LogP contribution in [0.25, 0.3) is 0 Å². The number of nitrogens with one attached hydrogen (secondary N) is 1. The minimum absolute atomic E-state index is 0.0181. The number of likely N-dealkylation sites (tertiary alicyclic amines) is 1. The summed E-state index contributed by atoms with van der Waals surface area (Å²) in [5.74, 6) is 0.0230. The number of rotatable bonds is 3. The molecule has 5 nitrogen and oxygen atoms in total. The zero-order valence-electron chi connectivity index (χ0n) is 11.6. The van der Waals surface area contributed by atoms with E-state index in [1.807, 2.05) is 4.90 Å². The first-order valence-electron chi connectivity index (χ1n) is 7.31. The van der Waals surface area contributed by atoms with Crippen LogP contribution in [0.2, 0.25) is 0 Å². The van der Waals surface area contributed by atoms with E-state index in [4.69, 9.17) is 0 Å². The number of amides is 2. The standard InChI is InChI=1S/C14H24N2O3/c1-10(17)15-9-14(19)16-8-4-6-12(16)11-5-2-3-7-13(11)18/h11-13,18H,2-9H2,1H3,(H,15,17). The van der Waals surface area contributed by atoms with Gasteiger partial charge in [0, 0.05) is 25.4 Å². The van der Waals surface area contributed by atoms with Gasteiger partial charge < -0.3 is 15.3 Å². The van der Waals surface area contributed by atoms with Crippen molar-refractivity contribution in [2.45, 2.75) is 57.6 Å². The average molecular weight is 268 g/mol. The molecule has 0 aromatic carbocycles. The minimum Gasteiger partial charge on any atom is -0.393 e. The second kappa shape index (κ2) is 6.37. The van der Waals surface area contributed by atoms with Crippen molar-refractivity contribution in [1.29, 1.82) is 0 Å². The summed E-state index contributed by atoms with van der Waals surface area (Å²) in [7, 11) is 0. The molecule has 2 aliphatic rings. The molecule has 0 spiro atoms. The Bertz CT molecular complexity index is 346. The molecule has 3 unspecified atom stereocenters. The molecule has 1 aliphatic carbocycles. The Morgan fingerprint density at radius 3 is 2.63 bits per heavy atom. The van der Waals surface area contributed by atoms with Gasteiger partial charge in [0.15, 0.2) is 0 Å². The van der Waals surface area contributed by atoms with Crippen LogP contribution in [0.15, 0.2) is 0 Å². The lowest BCUT2D eigenvalue weighted by Crippen LogP contribution is -2.48. The minimum atomic E-state index is -0.270. The molecule has 0 aromatic rings. The molecule has 108 valence electrons. The second-order valence-corrected chi connectivity index (χ2v) is 5.72. The van der Waals surface area contributed by atoms with Gasteiger partial charge in [0.1, 0.15) is 0 Å². The zero-order chi connectivity index (χ0) is 13.8. The number of carbonyl (C=O) groups excluding carboxylic acids is 2. The van der Waals surface area contributed by atoms with E-state index in [-0.39, 0.29) is 36.4 Å². The molecule has 0 aromatic heterocycles. The van der Waals surface area contributed by atoms with E-state index in [1.54, 1.807) is 0 Å². The third kappa shape index (κ3) is 3.47. The maximum Gasteiger partial charge on any atom is 0.242 e. The first-order valence-corrected chi connectivity index (χ1v) is 7.31. The summed E-state index contributed by atoms with van der Waals surface area (Å²) in [5.41, 5.74) is 0. The van der Waals surface area contributed by atoms with Gasteiger partial charge in [-0.05, 0) is 25.7 Å². The molecular formula is C14H24N2O3. The summed E-state index contributed by atoms with van der Waals surface area (Å²) in [6.45, 7) is 2.25. The number of hydrogen-bond donors (Lipinski definition) is 2. The van der Waals surface area contributed by atoms with E-state index < -0.39 is 0 Å². The van der Waals surface area contributed by atoms with Crippen molar-refractivity contribution in [2.24, 2.45) is 5.92 Å². The Hall–Kier alpha value is -1.10. The fraction of sp³-hybridized carbons (Fsp3) is 0.857. The molecule has 5 heteroatoms. The van der Waals surface area contributed by atoms with Gasteiger partial charge in [-0.1, -0.05) is 12.8 Å². The van der Waals surface area contributed by atoms with Crippen LogP contribution >= 0.6 is 0 Å². The molecule has 3 atom stereocenters. The van der Waals surface area contributed by atoms with Crippen molar-refractivity contribution in [3.63, 3.8) is 0 Å². The van der Waals surface area contributed by atoms with Crippen LogP contribution in [-0.2, 0) is 9.59 Å². The number of aliphatic hydroxyl groups excluding tert-OH is 1. The van der Waals surface area contributed by atoms with Gasteiger partial charge in [0.05, 0.1) is 12.6 Å². The fourth-order valence-corrected chi connectivity index (χ4v) is 3.44. The van der Waals surface area contributed by atoms with Crippen LogP contribution < -0.4 is 5.32 Å². The Morgan fingerprint density at radius 2 is 1.95 bits per heavy atom. The largest absolute Gasteiger partial charge is 0.393 e. The van der Waals surface area contributed by atoms with Crippen LogP contribution in [0.3, 0.4) is 0 Å². The molecule has 2 N–H and O–H groups in total. The first-order chi connectivity index (χ1) is 9.09. The highest BCUT2D eigenvalue weighted by atomic mass is 16.3. The Kier molecular flexibility index (Phi) is 4.80. The molecule has 2 amide bonds. The fourth-order valence-electron chi connectivity index (χ4n) is 3.44. The lowest BCUT2D eigenvalue weighted by Gasteiger charge is -2.37. The van der Waals surface area contributed by atoms with Gasteiger partial charge in [-0.3, -0.25) is 9.59 Å². The molecule has 0 radical (unpaired) electrons. The zero-order valence-corrected chi connectivity index (χ0v) is 11.6. The van der Waals surface area contributed by atoms with Gasteiger partial charge >= 0.3 is 0 Å². The highest BCUT2D eigenvalue weighted by Crippen LogP contribution is 2.34. The van der Waals surface area contributed by atoms with Gasteiger partial charge in [-0.25, -0.2) is 0 Å². The van der Waals surface area contributed by atoms with Crippen molar-refractivity contribution in [3.8, 4) is 0 Å². The summed E-state index contributed by atoms with van der Waals surface area (Å²) in [6.07, 6.45) is 5.81. The van der Waals surface area contributed by atoms with Crippen LogP contribution in [0, 0.1) is 5.92 Å². The maximum absolute atomic E-state index is 12.1. The predicted molar refractivity (Wildman–Crippen MR) is 71.4 cm³/mol. The molecule has 1 heterocycles. The third-order valence-corrected chi connectivity index (χ3v) is 4.38. The van der Waals surface area contributed by atoms with Gasteiger partial charge in [0.2, 0.25) is 11.8 Å². The number of nitrogens with zero attached hydrogens (tertiary/aromatic N) is 1. The van der Waals surface area contributed by atoms with Gasteiger partial charge in [-0.2, -0.15) is 0 Å². The molecule has 19 heavy (non-hydrogen) atoms. The van der Waals surface area contributed by atoms with E-state index in [9.17, 15) is 14.7 Å². The smallest absolute Gasteiger partial charge is 0.242 e. The molecular weight excluding hydrogens is 244 g/mol. The highest BCUT2D eigenvalue weighted by Gasteiger charge is 2.38. The van der Waals surface area contributed by atoms with E-state index in [2.05, 4.69) is 5.32 Å². The topological polar surface area (TPSA) is 69.6 Å². The quantitative estimate of drug-likeness (QED) is 0.790. The van der Waals surface area contributed by atoms with E-state index in [1.165, 1.54) is 6.92 Å². The molecule has 2 rings (SSSR count). The summed E-state index contributed by atoms with van der Waals surface area (Å²) in [6, 6.07) is 0.163.